The third kappa shape index (κ3) is 5.71. The first kappa shape index (κ1) is 25.6. The predicted octanol–water partition coefficient (Wildman–Crippen LogP) is 2.72. The SMILES string of the molecule is C=C(NC(=O)[C@@H]1C[C@@H](O)CN1C(=O)[C@@H](NC(C)=O)C(C)(C)C)c1ccc(-c2scnc2C)cc1. The first-order valence-corrected chi connectivity index (χ1v) is 12.0. The Kier molecular flexibility index (Phi) is 7.57. The normalized spacial score (nSPS) is 18.9. The van der Waals surface area contributed by atoms with Crippen molar-refractivity contribution in [2.75, 3.05) is 6.54 Å². The fourth-order valence-electron chi connectivity index (χ4n) is 4.03. The van der Waals surface area contributed by atoms with Crippen LogP contribution in [0.1, 0.15) is 45.4 Å². The maximum atomic E-state index is 13.3. The molecule has 1 aliphatic heterocycles. The molecule has 8 nitrogen and oxygen atoms in total. The van der Waals surface area contributed by atoms with Crippen molar-refractivity contribution in [2.24, 2.45) is 5.41 Å². The molecule has 1 aliphatic rings. The van der Waals surface area contributed by atoms with Gasteiger partial charge in [0.05, 0.1) is 22.2 Å². The highest BCUT2D eigenvalue weighted by molar-refractivity contribution is 7.13. The minimum atomic E-state index is -0.864. The van der Waals surface area contributed by atoms with Gasteiger partial charge < -0.3 is 20.6 Å². The van der Waals surface area contributed by atoms with Crippen molar-refractivity contribution in [2.45, 2.75) is 59.2 Å². The number of rotatable bonds is 6. The number of aryl methyl sites for hydroxylation is 1. The van der Waals surface area contributed by atoms with Crippen LogP contribution in [0.25, 0.3) is 16.1 Å². The summed E-state index contributed by atoms with van der Waals surface area (Å²) in [7, 11) is 0. The van der Waals surface area contributed by atoms with E-state index in [-0.39, 0.29) is 18.9 Å². The molecule has 1 fully saturated rings. The molecular weight excluding hydrogens is 452 g/mol. The van der Waals surface area contributed by atoms with Crippen molar-refractivity contribution < 1.29 is 19.5 Å². The first-order chi connectivity index (χ1) is 15.9. The standard InChI is InChI=1S/C25H32N4O4S/c1-14(17-7-9-18(10-8-17)21-15(2)26-13-34-21)27-23(32)20-11-19(31)12-29(20)24(33)22(25(4,5)6)28-16(3)30/h7-10,13,19-20,22,31H,1,11-12H2,2-6H3,(H,27,32)(H,28,30)/t19-,20+,22-/m1/s1. The molecule has 3 amide bonds. The van der Waals surface area contributed by atoms with Crippen LogP contribution in [0.3, 0.4) is 0 Å². The number of thiazole rings is 1. The quantitative estimate of drug-likeness (QED) is 0.584. The highest BCUT2D eigenvalue weighted by Crippen LogP contribution is 2.29. The van der Waals surface area contributed by atoms with Gasteiger partial charge in [0.2, 0.25) is 17.7 Å². The Balaban J connectivity index is 1.73. The van der Waals surface area contributed by atoms with Crippen molar-refractivity contribution in [1.82, 2.24) is 20.5 Å². The van der Waals surface area contributed by atoms with Gasteiger partial charge in [-0.15, -0.1) is 11.3 Å². The summed E-state index contributed by atoms with van der Waals surface area (Å²) in [6, 6.07) is 5.95. The summed E-state index contributed by atoms with van der Waals surface area (Å²) in [4.78, 5) is 44.8. The highest BCUT2D eigenvalue weighted by Gasteiger charge is 2.44. The molecule has 1 aromatic heterocycles. The number of likely N-dealkylation sites (tertiary alicyclic amines) is 1. The molecule has 1 saturated heterocycles. The van der Waals surface area contributed by atoms with Gasteiger partial charge in [0.25, 0.3) is 0 Å². The average molecular weight is 485 g/mol. The number of nitrogens with one attached hydrogen (secondary N) is 2. The van der Waals surface area contributed by atoms with E-state index in [1.165, 1.54) is 11.8 Å². The van der Waals surface area contributed by atoms with E-state index in [0.717, 1.165) is 21.7 Å². The fraction of sp³-hybridized carbons (Fsp3) is 0.440. The van der Waals surface area contributed by atoms with Crippen molar-refractivity contribution in [3.05, 3.63) is 47.6 Å². The van der Waals surface area contributed by atoms with Crippen molar-refractivity contribution in [1.29, 1.82) is 0 Å². The van der Waals surface area contributed by atoms with Crippen molar-refractivity contribution >= 4 is 34.8 Å². The van der Waals surface area contributed by atoms with Crippen LogP contribution in [0.15, 0.2) is 36.4 Å². The molecule has 2 aromatic rings. The number of carbonyl (C=O) groups is 3. The zero-order valence-corrected chi connectivity index (χ0v) is 21.0. The van der Waals surface area contributed by atoms with E-state index in [9.17, 15) is 19.5 Å². The predicted molar refractivity (Wildman–Crippen MR) is 133 cm³/mol. The Morgan fingerprint density at radius 1 is 1.24 bits per heavy atom. The summed E-state index contributed by atoms with van der Waals surface area (Å²) in [5.41, 5.74) is 4.37. The van der Waals surface area contributed by atoms with Gasteiger partial charge in [-0.2, -0.15) is 0 Å². The van der Waals surface area contributed by atoms with Crippen LogP contribution in [0.5, 0.6) is 0 Å². The van der Waals surface area contributed by atoms with Crippen LogP contribution < -0.4 is 10.6 Å². The van der Waals surface area contributed by atoms with E-state index >= 15 is 0 Å². The lowest BCUT2D eigenvalue weighted by atomic mass is 9.85. The fourth-order valence-corrected chi connectivity index (χ4v) is 4.84. The summed E-state index contributed by atoms with van der Waals surface area (Å²) in [5, 5.41) is 15.7. The number of β-amino-alcohol motifs (C(OH)–C–C–N with tert-alkyl or cyclic N) is 1. The molecule has 0 radical (unpaired) electrons. The molecular formula is C25H32N4O4S. The Morgan fingerprint density at radius 2 is 1.88 bits per heavy atom. The molecule has 182 valence electrons. The van der Waals surface area contributed by atoms with Crippen molar-refractivity contribution in [3.63, 3.8) is 0 Å². The molecule has 34 heavy (non-hydrogen) atoms. The van der Waals surface area contributed by atoms with Crippen LogP contribution in [-0.4, -0.2) is 57.4 Å². The zero-order chi connectivity index (χ0) is 25.2. The van der Waals surface area contributed by atoms with Gasteiger partial charge in [-0.05, 0) is 23.5 Å². The molecule has 0 aliphatic carbocycles. The molecule has 3 rings (SSSR count). The summed E-state index contributed by atoms with van der Waals surface area (Å²) in [6.45, 7) is 12.8. The zero-order valence-electron chi connectivity index (χ0n) is 20.2. The largest absolute Gasteiger partial charge is 0.391 e. The Hall–Kier alpha value is -3.04. The van der Waals surface area contributed by atoms with Crippen molar-refractivity contribution in [3.8, 4) is 10.4 Å². The lowest BCUT2D eigenvalue weighted by molar-refractivity contribution is -0.143. The van der Waals surface area contributed by atoms with Gasteiger partial charge in [0.15, 0.2) is 0 Å². The summed E-state index contributed by atoms with van der Waals surface area (Å²) in [6.07, 6.45) is -0.710. The Labute approximate surface area is 204 Å². The molecule has 3 N–H and O–H groups in total. The van der Waals surface area contributed by atoms with Gasteiger partial charge in [0.1, 0.15) is 12.1 Å². The molecule has 1 aromatic carbocycles. The molecule has 0 bridgehead atoms. The van der Waals surface area contributed by atoms with Gasteiger partial charge in [-0.25, -0.2) is 4.98 Å². The lowest BCUT2D eigenvalue weighted by Crippen LogP contribution is -2.57. The minimum absolute atomic E-state index is 0.0262. The second kappa shape index (κ2) is 10.1. The van der Waals surface area contributed by atoms with Gasteiger partial charge >= 0.3 is 0 Å². The number of amides is 3. The molecule has 0 saturated carbocycles. The van der Waals surface area contributed by atoms with Crippen LogP contribution in [-0.2, 0) is 14.4 Å². The summed E-state index contributed by atoms with van der Waals surface area (Å²) < 4.78 is 0. The van der Waals surface area contributed by atoms with Gasteiger partial charge in [0, 0.05) is 25.6 Å². The number of aliphatic hydroxyl groups is 1. The van der Waals surface area contributed by atoms with Crippen LogP contribution in [0.2, 0.25) is 0 Å². The monoisotopic (exact) mass is 484 g/mol. The number of hydrogen-bond acceptors (Lipinski definition) is 6. The maximum Gasteiger partial charge on any atom is 0.247 e. The summed E-state index contributed by atoms with van der Waals surface area (Å²) in [5.74, 6) is -1.15. The van der Waals surface area contributed by atoms with E-state index in [1.54, 1.807) is 16.8 Å². The summed E-state index contributed by atoms with van der Waals surface area (Å²) >= 11 is 1.56. The molecule has 2 heterocycles. The highest BCUT2D eigenvalue weighted by atomic mass is 32.1. The van der Waals surface area contributed by atoms with E-state index in [4.69, 9.17) is 0 Å². The smallest absolute Gasteiger partial charge is 0.247 e. The van der Waals surface area contributed by atoms with Crippen LogP contribution >= 0.6 is 11.3 Å². The molecule has 0 unspecified atom stereocenters. The van der Waals surface area contributed by atoms with E-state index in [0.29, 0.717) is 5.70 Å². The third-order valence-corrected chi connectivity index (χ3v) is 6.82. The Bertz CT molecular complexity index is 1090. The number of nitrogens with zero attached hydrogens (tertiary/aromatic N) is 2. The Morgan fingerprint density at radius 3 is 2.41 bits per heavy atom. The second-order valence-electron chi connectivity index (χ2n) is 9.71. The molecule has 0 spiro atoms. The van der Waals surface area contributed by atoms with E-state index in [1.807, 2.05) is 52.0 Å². The topological polar surface area (TPSA) is 112 Å². The van der Waals surface area contributed by atoms with Gasteiger partial charge in [-0.3, -0.25) is 14.4 Å². The molecule has 3 atom stereocenters. The third-order valence-electron chi connectivity index (χ3n) is 5.84. The minimum Gasteiger partial charge on any atom is -0.391 e. The number of hydrogen-bond donors (Lipinski definition) is 3. The first-order valence-electron chi connectivity index (χ1n) is 11.1. The van der Waals surface area contributed by atoms with Crippen LogP contribution in [0.4, 0.5) is 0 Å². The van der Waals surface area contributed by atoms with E-state index < -0.39 is 35.4 Å². The average Bonchev–Trinajstić information content (AvgIpc) is 3.36. The number of carbonyl (C=O) groups excluding carboxylic acids is 3. The lowest BCUT2D eigenvalue weighted by Gasteiger charge is -2.35. The molecule has 9 heteroatoms. The van der Waals surface area contributed by atoms with Crippen LogP contribution in [0, 0.1) is 12.3 Å². The van der Waals surface area contributed by atoms with E-state index in [2.05, 4.69) is 22.2 Å². The number of aromatic nitrogens is 1. The number of aliphatic hydroxyl groups excluding tert-OH is 1. The van der Waals surface area contributed by atoms with Gasteiger partial charge in [-0.1, -0.05) is 51.6 Å². The maximum absolute atomic E-state index is 13.3. The second-order valence-corrected chi connectivity index (χ2v) is 10.6. The number of benzene rings is 1.